The number of benzene rings is 3. The number of methoxy groups -OCH3 is 2. The Morgan fingerprint density at radius 3 is 2.34 bits per heavy atom. The third-order valence-electron chi connectivity index (χ3n) is 6.83. The van der Waals surface area contributed by atoms with Crippen molar-refractivity contribution in [2.75, 3.05) is 51.9 Å². The molecule has 0 unspecified atom stereocenters. The van der Waals surface area contributed by atoms with Crippen molar-refractivity contribution in [3.63, 3.8) is 0 Å². The fraction of sp³-hybridized carbons (Fsp3) is 0.258. The standard InChI is InChI=1S/C31H32N4O5S/c1-38-25-12-8-9-23(19-25)22-41-30-26(20-32-35(31(30)37)24-10-4-3-5-11-24)33-15-17-34(18-16-33)29(36)21-40-28-14-7-6-13-27(28)39-2/h3-14,19-20H,15-18,21-22H2,1-2H3. The normalized spacial score (nSPS) is 13.1. The lowest BCUT2D eigenvalue weighted by Crippen LogP contribution is -2.50. The summed E-state index contributed by atoms with van der Waals surface area (Å²) in [5.74, 6) is 2.39. The van der Waals surface area contributed by atoms with Crippen molar-refractivity contribution in [1.82, 2.24) is 14.7 Å². The molecule has 1 aromatic heterocycles. The van der Waals surface area contributed by atoms with Crippen LogP contribution in [0.4, 0.5) is 5.69 Å². The maximum atomic E-state index is 13.8. The first-order chi connectivity index (χ1) is 20.1. The van der Waals surface area contributed by atoms with E-state index in [1.807, 2.05) is 66.7 Å². The van der Waals surface area contributed by atoms with Crippen LogP contribution in [0.3, 0.4) is 0 Å². The Morgan fingerprint density at radius 2 is 1.61 bits per heavy atom. The highest BCUT2D eigenvalue weighted by molar-refractivity contribution is 7.98. The van der Waals surface area contributed by atoms with Crippen molar-refractivity contribution in [3.05, 3.63) is 101 Å². The number of ether oxygens (including phenoxy) is 3. The zero-order valence-electron chi connectivity index (χ0n) is 23.1. The van der Waals surface area contributed by atoms with Crippen molar-refractivity contribution in [1.29, 1.82) is 0 Å². The molecule has 1 aliphatic heterocycles. The molecule has 0 saturated carbocycles. The molecule has 4 aromatic rings. The summed E-state index contributed by atoms with van der Waals surface area (Å²) in [6.45, 7) is 2.09. The van der Waals surface area contributed by atoms with Crippen LogP contribution in [0.15, 0.2) is 94.7 Å². The van der Waals surface area contributed by atoms with Crippen LogP contribution in [0.5, 0.6) is 17.2 Å². The smallest absolute Gasteiger partial charge is 0.287 e. The van der Waals surface area contributed by atoms with Gasteiger partial charge in [-0.3, -0.25) is 9.59 Å². The second-order valence-corrected chi connectivity index (χ2v) is 10.3. The second-order valence-electron chi connectivity index (χ2n) is 9.36. The topological polar surface area (TPSA) is 86.1 Å². The number of hydrogen-bond acceptors (Lipinski definition) is 8. The highest BCUT2D eigenvalue weighted by Gasteiger charge is 2.25. The quantitative estimate of drug-likeness (QED) is 0.261. The van der Waals surface area contributed by atoms with Crippen LogP contribution in [0.25, 0.3) is 5.69 Å². The number of carbonyl (C=O) groups is 1. The van der Waals surface area contributed by atoms with Crippen molar-refractivity contribution in [3.8, 4) is 22.9 Å². The van der Waals surface area contributed by atoms with E-state index in [-0.39, 0.29) is 18.1 Å². The van der Waals surface area contributed by atoms with Gasteiger partial charge in [-0.1, -0.05) is 42.5 Å². The Labute approximate surface area is 243 Å². The summed E-state index contributed by atoms with van der Waals surface area (Å²) in [6, 6.07) is 24.5. The largest absolute Gasteiger partial charge is 0.497 e. The number of anilines is 1. The number of nitrogens with zero attached hydrogens (tertiary/aromatic N) is 4. The Hall–Kier alpha value is -4.44. The van der Waals surface area contributed by atoms with E-state index in [2.05, 4.69) is 10.00 Å². The number of hydrogen-bond donors (Lipinski definition) is 0. The molecule has 2 heterocycles. The predicted octanol–water partition coefficient (Wildman–Crippen LogP) is 4.27. The molecule has 1 fully saturated rings. The Morgan fingerprint density at radius 1 is 0.878 bits per heavy atom. The maximum absolute atomic E-state index is 13.8. The third kappa shape index (κ3) is 6.66. The lowest BCUT2D eigenvalue weighted by molar-refractivity contribution is -0.133. The molecule has 212 valence electrons. The van der Waals surface area contributed by atoms with Crippen LogP contribution in [-0.4, -0.2) is 67.6 Å². The van der Waals surface area contributed by atoms with Crippen LogP contribution in [0, 0.1) is 0 Å². The highest BCUT2D eigenvalue weighted by atomic mass is 32.2. The third-order valence-corrected chi connectivity index (χ3v) is 7.98. The van der Waals surface area contributed by atoms with Gasteiger partial charge in [0.15, 0.2) is 18.1 Å². The molecule has 1 saturated heterocycles. The molecular weight excluding hydrogens is 540 g/mol. The molecule has 10 heteroatoms. The van der Waals surface area contributed by atoms with Crippen LogP contribution < -0.4 is 24.7 Å². The zero-order chi connectivity index (χ0) is 28.6. The molecule has 5 rings (SSSR count). The molecule has 0 bridgehead atoms. The first kappa shape index (κ1) is 28.1. The first-order valence-corrected chi connectivity index (χ1v) is 14.3. The number of para-hydroxylation sites is 3. The Balaban J connectivity index is 1.31. The molecule has 0 radical (unpaired) electrons. The Kier molecular flexibility index (Phi) is 9.10. The minimum atomic E-state index is -0.176. The van der Waals surface area contributed by atoms with E-state index >= 15 is 0 Å². The molecule has 0 aliphatic carbocycles. The van der Waals surface area contributed by atoms with Crippen molar-refractivity contribution < 1.29 is 19.0 Å². The van der Waals surface area contributed by atoms with E-state index in [9.17, 15) is 9.59 Å². The molecule has 0 spiro atoms. The minimum Gasteiger partial charge on any atom is -0.497 e. The zero-order valence-corrected chi connectivity index (χ0v) is 23.9. The molecule has 0 atom stereocenters. The average Bonchev–Trinajstić information content (AvgIpc) is 3.03. The van der Waals surface area contributed by atoms with E-state index in [0.717, 1.165) is 17.0 Å². The van der Waals surface area contributed by atoms with Crippen LogP contribution >= 0.6 is 11.8 Å². The summed E-state index contributed by atoms with van der Waals surface area (Å²) >= 11 is 1.48. The molecule has 1 amide bonds. The van der Waals surface area contributed by atoms with Gasteiger partial charge >= 0.3 is 0 Å². The minimum absolute atomic E-state index is 0.0727. The Bertz CT molecular complexity index is 1540. The van der Waals surface area contributed by atoms with Crippen molar-refractivity contribution in [2.45, 2.75) is 10.6 Å². The second kappa shape index (κ2) is 13.3. The summed E-state index contributed by atoms with van der Waals surface area (Å²) in [4.78, 5) is 31.2. The van der Waals surface area contributed by atoms with Gasteiger partial charge in [0.05, 0.1) is 31.8 Å². The number of thioether (sulfide) groups is 1. The van der Waals surface area contributed by atoms with Gasteiger partial charge in [-0.15, -0.1) is 11.8 Å². The molecule has 0 N–H and O–H groups in total. The summed E-state index contributed by atoms with van der Waals surface area (Å²) < 4.78 is 17.9. The number of piperazine rings is 1. The van der Waals surface area contributed by atoms with Gasteiger partial charge in [-0.05, 0) is 42.0 Å². The monoisotopic (exact) mass is 572 g/mol. The summed E-state index contributed by atoms with van der Waals surface area (Å²) in [5, 5.41) is 4.52. The van der Waals surface area contributed by atoms with Gasteiger partial charge in [-0.25, -0.2) is 0 Å². The van der Waals surface area contributed by atoms with Gasteiger partial charge < -0.3 is 24.0 Å². The van der Waals surface area contributed by atoms with Crippen molar-refractivity contribution in [2.24, 2.45) is 0 Å². The highest BCUT2D eigenvalue weighted by Crippen LogP contribution is 2.31. The number of aromatic nitrogens is 2. The fourth-order valence-corrected chi connectivity index (χ4v) is 5.66. The lowest BCUT2D eigenvalue weighted by Gasteiger charge is -2.36. The molecule has 41 heavy (non-hydrogen) atoms. The fourth-order valence-electron chi connectivity index (χ4n) is 4.63. The average molecular weight is 573 g/mol. The van der Waals surface area contributed by atoms with E-state index in [1.165, 1.54) is 16.4 Å². The van der Waals surface area contributed by atoms with Crippen LogP contribution in [0.2, 0.25) is 0 Å². The van der Waals surface area contributed by atoms with Gasteiger partial charge in [0.2, 0.25) is 0 Å². The SMILES string of the molecule is COc1cccc(CSc2c(N3CCN(C(=O)COc4ccccc4OC)CC3)cnn(-c3ccccc3)c2=O)c1. The van der Waals surface area contributed by atoms with Crippen molar-refractivity contribution >= 4 is 23.4 Å². The maximum Gasteiger partial charge on any atom is 0.287 e. The van der Waals surface area contributed by atoms with E-state index in [1.54, 1.807) is 37.4 Å². The van der Waals surface area contributed by atoms with E-state index in [4.69, 9.17) is 14.2 Å². The number of amides is 1. The molecule has 3 aromatic carbocycles. The first-order valence-electron chi connectivity index (χ1n) is 13.3. The molecular formula is C31H32N4O5S. The summed E-state index contributed by atoms with van der Waals surface area (Å²) in [6.07, 6.45) is 1.75. The van der Waals surface area contributed by atoms with Gasteiger partial charge in [0.1, 0.15) is 10.6 Å². The van der Waals surface area contributed by atoms with Gasteiger partial charge in [0, 0.05) is 31.9 Å². The van der Waals surface area contributed by atoms with Gasteiger partial charge in [0.25, 0.3) is 11.5 Å². The lowest BCUT2D eigenvalue weighted by atomic mass is 10.2. The van der Waals surface area contributed by atoms with Crippen LogP contribution in [0.1, 0.15) is 5.56 Å². The predicted molar refractivity (Wildman–Crippen MR) is 160 cm³/mol. The summed E-state index contributed by atoms with van der Waals surface area (Å²) in [7, 11) is 3.21. The van der Waals surface area contributed by atoms with E-state index < -0.39 is 0 Å². The van der Waals surface area contributed by atoms with Gasteiger partial charge in [-0.2, -0.15) is 9.78 Å². The molecule has 9 nitrogen and oxygen atoms in total. The molecule has 1 aliphatic rings. The number of rotatable bonds is 10. The summed E-state index contributed by atoms with van der Waals surface area (Å²) in [5.41, 5.74) is 2.35. The number of carbonyl (C=O) groups excluding carboxylic acids is 1. The van der Waals surface area contributed by atoms with Crippen LogP contribution in [-0.2, 0) is 10.5 Å². The van der Waals surface area contributed by atoms with E-state index in [0.29, 0.717) is 54.0 Å².